The average molecular weight is 371 g/mol. The van der Waals surface area contributed by atoms with E-state index in [9.17, 15) is 9.59 Å². The van der Waals surface area contributed by atoms with Crippen molar-refractivity contribution in [2.45, 2.75) is 47.0 Å². The summed E-state index contributed by atoms with van der Waals surface area (Å²) in [5.74, 6) is 0.907. The number of carbonyl (C=O) groups excluding carboxylic acids is 2. The van der Waals surface area contributed by atoms with E-state index in [2.05, 4.69) is 25.8 Å². The average Bonchev–Trinajstić information content (AvgIpc) is 2.78. The summed E-state index contributed by atoms with van der Waals surface area (Å²) in [5.41, 5.74) is 2.45. The monoisotopic (exact) mass is 371 g/mol. The number of benzene rings is 1. The lowest BCUT2D eigenvalue weighted by Crippen LogP contribution is -2.38. The highest BCUT2D eigenvalue weighted by atomic mass is 16.3. The van der Waals surface area contributed by atoms with Crippen molar-refractivity contribution in [3.63, 3.8) is 0 Å². The third kappa shape index (κ3) is 5.08. The summed E-state index contributed by atoms with van der Waals surface area (Å²) >= 11 is 0. The summed E-state index contributed by atoms with van der Waals surface area (Å²) in [4.78, 5) is 33.3. The van der Waals surface area contributed by atoms with Gasteiger partial charge in [-0.15, -0.1) is 0 Å². The second-order valence-corrected chi connectivity index (χ2v) is 8.56. The molecule has 1 aliphatic heterocycles. The van der Waals surface area contributed by atoms with Crippen molar-refractivity contribution in [2.24, 2.45) is 5.41 Å². The van der Waals surface area contributed by atoms with Gasteiger partial charge in [-0.05, 0) is 29.5 Å². The molecule has 1 saturated heterocycles. The van der Waals surface area contributed by atoms with Crippen LogP contribution in [0.25, 0.3) is 11.1 Å². The molecule has 0 spiro atoms. The maximum Gasteiger partial charge on any atom is 0.227 e. The second kappa shape index (κ2) is 7.71. The highest BCUT2D eigenvalue weighted by Crippen LogP contribution is 2.21. The van der Waals surface area contributed by atoms with Gasteiger partial charge in [-0.3, -0.25) is 9.59 Å². The Hall–Kier alpha value is -2.37. The van der Waals surface area contributed by atoms with Gasteiger partial charge in [0.2, 0.25) is 11.8 Å². The lowest BCUT2D eigenvalue weighted by atomic mass is 9.91. The van der Waals surface area contributed by atoms with Crippen molar-refractivity contribution in [2.75, 3.05) is 26.2 Å². The molecule has 0 N–H and O–H groups in total. The second-order valence-electron chi connectivity index (χ2n) is 8.56. The van der Waals surface area contributed by atoms with Crippen LogP contribution in [0.4, 0.5) is 0 Å². The summed E-state index contributed by atoms with van der Waals surface area (Å²) in [6.45, 7) is 10.7. The van der Waals surface area contributed by atoms with E-state index in [0.29, 0.717) is 38.4 Å². The molecule has 2 heterocycles. The lowest BCUT2D eigenvalue weighted by molar-refractivity contribution is -0.134. The van der Waals surface area contributed by atoms with Gasteiger partial charge in [-0.1, -0.05) is 26.8 Å². The third-order valence-electron chi connectivity index (χ3n) is 4.80. The number of carbonyl (C=O) groups is 2. The molecular weight excluding hydrogens is 342 g/mol. The predicted molar refractivity (Wildman–Crippen MR) is 104 cm³/mol. The van der Waals surface area contributed by atoms with Crippen molar-refractivity contribution >= 4 is 22.9 Å². The molecule has 1 aliphatic rings. The van der Waals surface area contributed by atoms with Crippen LogP contribution in [0.1, 0.15) is 45.1 Å². The summed E-state index contributed by atoms with van der Waals surface area (Å²) in [6.07, 6.45) is 1.71. The molecular formula is C21H29N3O3. The number of aryl methyl sites for hydroxylation is 1. The van der Waals surface area contributed by atoms with Gasteiger partial charge in [-0.25, -0.2) is 4.98 Å². The van der Waals surface area contributed by atoms with Gasteiger partial charge in [-0.2, -0.15) is 0 Å². The smallest absolute Gasteiger partial charge is 0.227 e. The molecule has 1 aromatic carbocycles. The van der Waals surface area contributed by atoms with Crippen molar-refractivity contribution in [1.82, 2.24) is 14.8 Å². The van der Waals surface area contributed by atoms with Crippen LogP contribution in [0.3, 0.4) is 0 Å². The molecule has 2 amide bonds. The molecule has 0 unspecified atom stereocenters. The van der Waals surface area contributed by atoms with Gasteiger partial charge < -0.3 is 14.2 Å². The fraction of sp³-hybridized carbons (Fsp3) is 0.571. The lowest BCUT2D eigenvalue weighted by Gasteiger charge is -2.25. The topological polar surface area (TPSA) is 66.7 Å². The minimum absolute atomic E-state index is 0.0169. The number of hydrogen-bond acceptors (Lipinski definition) is 4. The Morgan fingerprint density at radius 3 is 2.41 bits per heavy atom. The number of amides is 2. The minimum Gasteiger partial charge on any atom is -0.441 e. The van der Waals surface area contributed by atoms with Gasteiger partial charge in [0.15, 0.2) is 11.5 Å². The first-order valence-corrected chi connectivity index (χ1v) is 9.63. The summed E-state index contributed by atoms with van der Waals surface area (Å²) < 4.78 is 5.49. The Kier molecular flexibility index (Phi) is 5.53. The fourth-order valence-electron chi connectivity index (χ4n) is 3.47. The molecule has 1 aromatic heterocycles. The van der Waals surface area contributed by atoms with E-state index < -0.39 is 0 Å². The van der Waals surface area contributed by atoms with E-state index in [4.69, 9.17) is 4.42 Å². The SMILES string of the molecule is Cc1nc2cc(CC(=O)N3CCCN(C(=O)CC(C)(C)C)CC3)ccc2o1. The van der Waals surface area contributed by atoms with Crippen LogP contribution >= 0.6 is 0 Å². The van der Waals surface area contributed by atoms with E-state index in [1.807, 2.05) is 34.9 Å². The maximum atomic E-state index is 12.7. The largest absolute Gasteiger partial charge is 0.441 e. The van der Waals surface area contributed by atoms with Crippen LogP contribution in [0, 0.1) is 12.3 Å². The Morgan fingerprint density at radius 1 is 1.07 bits per heavy atom. The Labute approximate surface area is 160 Å². The first-order chi connectivity index (χ1) is 12.7. The quantitative estimate of drug-likeness (QED) is 0.831. The zero-order valence-electron chi connectivity index (χ0n) is 16.7. The molecule has 1 fully saturated rings. The normalized spacial score (nSPS) is 15.9. The Morgan fingerprint density at radius 2 is 1.74 bits per heavy atom. The highest BCUT2D eigenvalue weighted by Gasteiger charge is 2.25. The number of hydrogen-bond donors (Lipinski definition) is 0. The van der Waals surface area contributed by atoms with Crippen molar-refractivity contribution < 1.29 is 14.0 Å². The van der Waals surface area contributed by atoms with Crippen molar-refractivity contribution in [3.05, 3.63) is 29.7 Å². The number of rotatable bonds is 3. The number of fused-ring (bicyclic) bond motifs is 1. The fourth-order valence-corrected chi connectivity index (χ4v) is 3.47. The van der Waals surface area contributed by atoms with E-state index in [-0.39, 0.29) is 17.2 Å². The molecule has 2 aromatic rings. The van der Waals surface area contributed by atoms with Gasteiger partial charge in [0.25, 0.3) is 0 Å². The van der Waals surface area contributed by atoms with Crippen LogP contribution in [-0.4, -0.2) is 52.8 Å². The number of nitrogens with zero attached hydrogens (tertiary/aromatic N) is 3. The molecule has 6 nitrogen and oxygen atoms in total. The molecule has 6 heteroatoms. The number of oxazole rings is 1. The molecule has 0 saturated carbocycles. The van der Waals surface area contributed by atoms with Crippen LogP contribution in [0.2, 0.25) is 0 Å². The number of aromatic nitrogens is 1. The van der Waals surface area contributed by atoms with Crippen LogP contribution in [-0.2, 0) is 16.0 Å². The van der Waals surface area contributed by atoms with Gasteiger partial charge >= 0.3 is 0 Å². The van der Waals surface area contributed by atoms with Crippen LogP contribution in [0.5, 0.6) is 0 Å². The zero-order valence-corrected chi connectivity index (χ0v) is 16.7. The molecule has 0 bridgehead atoms. The first-order valence-electron chi connectivity index (χ1n) is 9.63. The van der Waals surface area contributed by atoms with Crippen LogP contribution < -0.4 is 0 Å². The molecule has 0 aliphatic carbocycles. The first kappa shape index (κ1) is 19.4. The zero-order chi connectivity index (χ0) is 19.6. The standard InChI is InChI=1S/C21H29N3O3/c1-15-22-17-12-16(6-7-18(17)27-15)13-19(25)23-8-5-9-24(11-10-23)20(26)14-21(2,3)4/h6-7,12H,5,8-11,13-14H2,1-4H3. The third-order valence-corrected chi connectivity index (χ3v) is 4.80. The van der Waals surface area contributed by atoms with E-state index in [1.54, 1.807) is 0 Å². The minimum atomic E-state index is -0.0169. The van der Waals surface area contributed by atoms with Crippen molar-refractivity contribution in [3.8, 4) is 0 Å². The Bertz CT molecular complexity index is 835. The van der Waals surface area contributed by atoms with Gasteiger partial charge in [0.05, 0.1) is 6.42 Å². The summed E-state index contributed by atoms with van der Waals surface area (Å²) in [7, 11) is 0. The molecule has 0 radical (unpaired) electrons. The molecule has 3 rings (SSSR count). The Balaban J connectivity index is 1.59. The van der Waals surface area contributed by atoms with E-state index in [0.717, 1.165) is 29.6 Å². The van der Waals surface area contributed by atoms with E-state index >= 15 is 0 Å². The highest BCUT2D eigenvalue weighted by molar-refractivity contribution is 5.81. The van der Waals surface area contributed by atoms with E-state index in [1.165, 1.54) is 0 Å². The molecule has 146 valence electrons. The summed E-state index contributed by atoms with van der Waals surface area (Å²) in [5, 5.41) is 0. The van der Waals surface area contributed by atoms with Gasteiger partial charge in [0, 0.05) is 39.5 Å². The van der Waals surface area contributed by atoms with Crippen molar-refractivity contribution in [1.29, 1.82) is 0 Å². The predicted octanol–water partition coefficient (Wildman–Crippen LogP) is 3.18. The van der Waals surface area contributed by atoms with Crippen LogP contribution in [0.15, 0.2) is 22.6 Å². The van der Waals surface area contributed by atoms with Gasteiger partial charge in [0.1, 0.15) is 5.52 Å². The molecule has 0 atom stereocenters. The maximum absolute atomic E-state index is 12.7. The molecule has 27 heavy (non-hydrogen) atoms. The summed E-state index contributed by atoms with van der Waals surface area (Å²) in [6, 6.07) is 5.70.